The van der Waals surface area contributed by atoms with Gasteiger partial charge in [0.15, 0.2) is 0 Å². The van der Waals surface area contributed by atoms with E-state index >= 15 is 0 Å². The molecule has 0 aliphatic rings. The summed E-state index contributed by atoms with van der Waals surface area (Å²) in [5, 5.41) is 5.84. The Morgan fingerprint density at radius 2 is 2.23 bits per heavy atom. The number of carbonyl (C=O) groups is 1. The average molecular weight is 188 g/mol. The van der Waals surface area contributed by atoms with Crippen LogP contribution in [0, 0.1) is 0 Å². The first kappa shape index (κ1) is 12.4. The first-order chi connectivity index (χ1) is 6.20. The van der Waals surface area contributed by atoms with Crippen LogP contribution in [-0.2, 0) is 9.53 Å². The predicted octanol–water partition coefficient (Wildman–Crippen LogP) is 0.137. The molecule has 0 aliphatic heterocycles. The number of rotatable bonds is 7. The van der Waals surface area contributed by atoms with Crippen molar-refractivity contribution in [3.8, 4) is 0 Å². The maximum atomic E-state index is 11.1. The van der Waals surface area contributed by atoms with Gasteiger partial charge in [0.05, 0.1) is 13.2 Å². The summed E-state index contributed by atoms with van der Waals surface area (Å²) >= 11 is 0. The zero-order valence-corrected chi connectivity index (χ0v) is 8.72. The molecule has 0 aromatic carbocycles. The molecule has 1 atom stereocenters. The summed E-state index contributed by atoms with van der Waals surface area (Å²) < 4.78 is 4.92. The van der Waals surface area contributed by atoms with Gasteiger partial charge in [-0.15, -0.1) is 0 Å². The number of hydrogen-bond donors (Lipinski definition) is 2. The summed E-state index contributed by atoms with van der Waals surface area (Å²) in [7, 11) is 1.65. The van der Waals surface area contributed by atoms with E-state index < -0.39 is 0 Å². The Morgan fingerprint density at radius 3 is 2.77 bits per heavy atom. The van der Waals surface area contributed by atoms with Gasteiger partial charge in [-0.1, -0.05) is 6.92 Å². The van der Waals surface area contributed by atoms with E-state index in [1.165, 1.54) is 0 Å². The van der Waals surface area contributed by atoms with Crippen LogP contribution in [0.4, 0.5) is 0 Å². The van der Waals surface area contributed by atoms with Gasteiger partial charge >= 0.3 is 0 Å². The third-order valence-electron chi connectivity index (χ3n) is 1.60. The molecular weight excluding hydrogens is 168 g/mol. The lowest BCUT2D eigenvalue weighted by atomic mass is 10.3. The van der Waals surface area contributed by atoms with E-state index in [0.29, 0.717) is 13.2 Å². The molecule has 0 saturated heterocycles. The lowest BCUT2D eigenvalue weighted by Crippen LogP contribution is -2.39. The summed E-state index contributed by atoms with van der Waals surface area (Å²) in [5.74, 6) is 0.0461. The van der Waals surface area contributed by atoms with Crippen LogP contribution in [0.15, 0.2) is 0 Å². The molecule has 0 aromatic rings. The minimum Gasteiger partial charge on any atom is -0.383 e. The SMILES string of the molecule is CCCNC(=O)CNC(C)COC. The van der Waals surface area contributed by atoms with Gasteiger partial charge in [-0.2, -0.15) is 0 Å². The van der Waals surface area contributed by atoms with Crippen LogP contribution in [0.1, 0.15) is 20.3 Å². The lowest BCUT2D eigenvalue weighted by Gasteiger charge is -2.12. The summed E-state index contributed by atoms with van der Waals surface area (Å²) in [6.07, 6.45) is 0.972. The van der Waals surface area contributed by atoms with E-state index in [-0.39, 0.29) is 11.9 Å². The fraction of sp³-hybridized carbons (Fsp3) is 0.889. The molecule has 0 rings (SSSR count). The predicted molar refractivity (Wildman–Crippen MR) is 52.6 cm³/mol. The van der Waals surface area contributed by atoms with Crippen LogP contribution in [0.3, 0.4) is 0 Å². The topological polar surface area (TPSA) is 50.4 Å². The van der Waals surface area contributed by atoms with Crippen LogP contribution < -0.4 is 10.6 Å². The molecule has 13 heavy (non-hydrogen) atoms. The smallest absolute Gasteiger partial charge is 0.233 e. The molecule has 0 fully saturated rings. The lowest BCUT2D eigenvalue weighted by molar-refractivity contribution is -0.120. The van der Waals surface area contributed by atoms with Crippen molar-refractivity contribution in [1.82, 2.24) is 10.6 Å². The highest BCUT2D eigenvalue weighted by Gasteiger charge is 2.03. The maximum Gasteiger partial charge on any atom is 0.233 e. The van der Waals surface area contributed by atoms with E-state index in [2.05, 4.69) is 10.6 Å². The zero-order valence-electron chi connectivity index (χ0n) is 8.72. The standard InChI is InChI=1S/C9H20N2O2/c1-4-5-10-9(12)6-11-8(2)7-13-3/h8,11H,4-7H2,1-3H3,(H,10,12). The van der Waals surface area contributed by atoms with Gasteiger partial charge in [-0.05, 0) is 13.3 Å². The Bertz CT molecular complexity index is 140. The molecular formula is C9H20N2O2. The fourth-order valence-electron chi connectivity index (χ4n) is 0.903. The Morgan fingerprint density at radius 1 is 1.54 bits per heavy atom. The van der Waals surface area contributed by atoms with Crippen molar-refractivity contribution in [1.29, 1.82) is 0 Å². The average Bonchev–Trinajstić information content (AvgIpc) is 2.12. The first-order valence-electron chi connectivity index (χ1n) is 4.69. The third-order valence-corrected chi connectivity index (χ3v) is 1.60. The minimum atomic E-state index is 0.0461. The normalized spacial score (nSPS) is 12.5. The molecule has 0 aromatic heterocycles. The highest BCUT2D eigenvalue weighted by molar-refractivity contribution is 5.77. The van der Waals surface area contributed by atoms with Crippen LogP contribution in [-0.4, -0.2) is 38.8 Å². The summed E-state index contributed by atoms with van der Waals surface area (Å²) in [6.45, 7) is 5.75. The number of carbonyl (C=O) groups excluding carboxylic acids is 1. The summed E-state index contributed by atoms with van der Waals surface area (Å²) in [6, 6.07) is 0.220. The molecule has 1 unspecified atom stereocenters. The molecule has 0 bridgehead atoms. The van der Waals surface area contributed by atoms with Crippen molar-refractivity contribution in [3.63, 3.8) is 0 Å². The second-order valence-corrected chi connectivity index (χ2v) is 3.09. The highest BCUT2D eigenvalue weighted by atomic mass is 16.5. The second kappa shape index (κ2) is 8.01. The van der Waals surface area contributed by atoms with Crippen LogP contribution >= 0.6 is 0 Å². The highest BCUT2D eigenvalue weighted by Crippen LogP contribution is 1.81. The molecule has 0 saturated carbocycles. The Labute approximate surface area is 80.0 Å². The van der Waals surface area contributed by atoms with Crippen molar-refractivity contribution in [2.45, 2.75) is 26.3 Å². The second-order valence-electron chi connectivity index (χ2n) is 3.09. The minimum absolute atomic E-state index is 0.0461. The Kier molecular flexibility index (Phi) is 7.63. The first-order valence-corrected chi connectivity index (χ1v) is 4.69. The number of nitrogens with one attached hydrogen (secondary N) is 2. The zero-order chi connectivity index (χ0) is 10.1. The quantitative estimate of drug-likeness (QED) is 0.597. The van der Waals surface area contributed by atoms with E-state index in [1.54, 1.807) is 7.11 Å². The molecule has 0 spiro atoms. The molecule has 78 valence electrons. The van der Waals surface area contributed by atoms with E-state index in [0.717, 1.165) is 13.0 Å². The van der Waals surface area contributed by atoms with Gasteiger partial charge in [0.2, 0.25) is 5.91 Å². The van der Waals surface area contributed by atoms with Crippen molar-refractivity contribution in [2.24, 2.45) is 0 Å². The maximum absolute atomic E-state index is 11.1. The molecule has 0 radical (unpaired) electrons. The molecule has 0 heterocycles. The van der Waals surface area contributed by atoms with Crippen molar-refractivity contribution in [3.05, 3.63) is 0 Å². The van der Waals surface area contributed by atoms with Crippen LogP contribution in [0.5, 0.6) is 0 Å². The van der Waals surface area contributed by atoms with Crippen LogP contribution in [0.2, 0.25) is 0 Å². The molecule has 4 heteroatoms. The van der Waals surface area contributed by atoms with Gasteiger partial charge in [0.1, 0.15) is 0 Å². The van der Waals surface area contributed by atoms with Crippen LogP contribution in [0.25, 0.3) is 0 Å². The Hall–Kier alpha value is -0.610. The van der Waals surface area contributed by atoms with Gasteiger partial charge < -0.3 is 15.4 Å². The van der Waals surface area contributed by atoms with Gasteiger partial charge in [0, 0.05) is 19.7 Å². The fourth-order valence-corrected chi connectivity index (χ4v) is 0.903. The van der Waals surface area contributed by atoms with E-state index in [4.69, 9.17) is 4.74 Å². The van der Waals surface area contributed by atoms with Crippen molar-refractivity contribution < 1.29 is 9.53 Å². The molecule has 1 amide bonds. The largest absolute Gasteiger partial charge is 0.383 e. The number of methoxy groups -OCH3 is 1. The molecule has 0 aliphatic carbocycles. The summed E-state index contributed by atoms with van der Waals surface area (Å²) in [5.41, 5.74) is 0. The number of amides is 1. The van der Waals surface area contributed by atoms with Gasteiger partial charge in [-0.3, -0.25) is 4.79 Å². The van der Waals surface area contributed by atoms with Gasteiger partial charge in [0.25, 0.3) is 0 Å². The van der Waals surface area contributed by atoms with Crippen molar-refractivity contribution >= 4 is 5.91 Å². The Balaban J connectivity index is 3.34. The van der Waals surface area contributed by atoms with Gasteiger partial charge in [-0.25, -0.2) is 0 Å². The molecule has 2 N–H and O–H groups in total. The third kappa shape index (κ3) is 7.74. The molecule has 4 nitrogen and oxygen atoms in total. The van der Waals surface area contributed by atoms with E-state index in [9.17, 15) is 4.79 Å². The van der Waals surface area contributed by atoms with Crippen molar-refractivity contribution in [2.75, 3.05) is 26.8 Å². The van der Waals surface area contributed by atoms with E-state index in [1.807, 2.05) is 13.8 Å². The number of ether oxygens (including phenoxy) is 1. The monoisotopic (exact) mass is 188 g/mol. The summed E-state index contributed by atoms with van der Waals surface area (Å²) in [4.78, 5) is 11.1. The number of hydrogen-bond acceptors (Lipinski definition) is 3.